The van der Waals surface area contributed by atoms with Gasteiger partial charge in [0.15, 0.2) is 0 Å². The highest BCUT2D eigenvalue weighted by Crippen LogP contribution is 2.40. The summed E-state index contributed by atoms with van der Waals surface area (Å²) in [4.78, 5) is 19.2. The molecule has 1 aliphatic carbocycles. The first kappa shape index (κ1) is 22.0. The molecule has 1 saturated carbocycles. The van der Waals surface area contributed by atoms with Crippen molar-refractivity contribution in [2.75, 3.05) is 19.6 Å². The number of carbonyl (C=O) groups is 1. The maximum atomic E-state index is 12.6. The van der Waals surface area contributed by atoms with E-state index in [9.17, 15) is 4.79 Å². The molecule has 6 nitrogen and oxygen atoms in total. The van der Waals surface area contributed by atoms with Gasteiger partial charge in [-0.3, -0.25) is 9.48 Å². The highest BCUT2D eigenvalue weighted by atomic mass is 16.2. The summed E-state index contributed by atoms with van der Waals surface area (Å²) in [6, 6.07) is 9.56. The molecule has 0 spiro atoms. The molecule has 4 rings (SSSR count). The van der Waals surface area contributed by atoms with E-state index < -0.39 is 0 Å². The van der Waals surface area contributed by atoms with E-state index in [1.807, 2.05) is 6.92 Å². The number of rotatable bonds is 7. The molecular formula is C25H37N5O. The second-order valence-electron chi connectivity index (χ2n) is 9.78. The second kappa shape index (κ2) is 9.94. The fourth-order valence-corrected chi connectivity index (χ4v) is 5.37. The fraction of sp³-hybridized carbons (Fsp3) is 0.640. The molecule has 168 valence electrons. The van der Waals surface area contributed by atoms with Crippen LogP contribution in [0.15, 0.2) is 36.9 Å². The molecule has 1 saturated heterocycles. The molecule has 1 amide bonds. The highest BCUT2D eigenvalue weighted by molar-refractivity contribution is 5.78. The number of nitrogens with zero attached hydrogens (tertiary/aromatic N) is 4. The van der Waals surface area contributed by atoms with Gasteiger partial charge in [-0.25, -0.2) is 4.98 Å². The first-order chi connectivity index (χ1) is 15.0. The average Bonchev–Trinajstić information content (AvgIpc) is 3.29. The van der Waals surface area contributed by atoms with Crippen LogP contribution in [0.1, 0.15) is 63.0 Å². The number of nitrogens with one attached hydrogen (secondary N) is 1. The minimum absolute atomic E-state index is 0.105. The van der Waals surface area contributed by atoms with Crippen LogP contribution in [-0.2, 0) is 16.8 Å². The lowest BCUT2D eigenvalue weighted by molar-refractivity contribution is -0.126. The number of hydrogen-bond donors (Lipinski definition) is 1. The van der Waals surface area contributed by atoms with Crippen LogP contribution in [0, 0.1) is 12.8 Å². The topological polar surface area (TPSA) is 63.1 Å². The molecule has 31 heavy (non-hydrogen) atoms. The minimum Gasteiger partial charge on any atom is -0.353 e. The highest BCUT2D eigenvalue weighted by Gasteiger charge is 2.36. The van der Waals surface area contributed by atoms with E-state index in [1.165, 1.54) is 49.6 Å². The van der Waals surface area contributed by atoms with Gasteiger partial charge in [0.2, 0.25) is 5.91 Å². The van der Waals surface area contributed by atoms with Gasteiger partial charge in [0.1, 0.15) is 12.7 Å². The summed E-state index contributed by atoms with van der Waals surface area (Å²) in [5.74, 6) is 0.0177. The van der Waals surface area contributed by atoms with Gasteiger partial charge in [0, 0.05) is 31.1 Å². The molecule has 6 heteroatoms. The molecule has 0 bridgehead atoms. The molecule has 2 fully saturated rings. The molecule has 1 atom stereocenters. The quantitative estimate of drug-likeness (QED) is 0.737. The third-order valence-electron chi connectivity index (χ3n) is 7.31. The molecule has 1 aliphatic heterocycles. The van der Waals surface area contributed by atoms with E-state index in [-0.39, 0.29) is 17.9 Å². The van der Waals surface area contributed by atoms with Gasteiger partial charge in [-0.1, -0.05) is 56.0 Å². The number of hydrogen-bond acceptors (Lipinski definition) is 4. The number of amides is 1. The van der Waals surface area contributed by atoms with E-state index in [1.54, 1.807) is 11.0 Å². The molecule has 1 aromatic carbocycles. The second-order valence-corrected chi connectivity index (χ2v) is 9.78. The van der Waals surface area contributed by atoms with Crippen LogP contribution < -0.4 is 5.32 Å². The van der Waals surface area contributed by atoms with Crippen LogP contribution >= 0.6 is 0 Å². The Morgan fingerprint density at radius 2 is 1.87 bits per heavy atom. The van der Waals surface area contributed by atoms with Crippen molar-refractivity contribution in [2.45, 2.75) is 76.8 Å². The summed E-state index contributed by atoms with van der Waals surface area (Å²) >= 11 is 0. The number of aryl methyl sites for hydroxylation is 1. The standard InChI is InChI=1S/C25H37N5O/c1-20-6-8-22(9-7-20)25(12-4-3-5-13-25)17-29-14-10-23(11-15-29)28-24(31)21(2)16-30-19-26-18-27-30/h6-9,18-19,21,23H,3-5,10-17H2,1-2H3,(H,28,31). The lowest BCUT2D eigenvalue weighted by atomic mass is 9.69. The first-order valence-electron chi connectivity index (χ1n) is 12.0. The van der Waals surface area contributed by atoms with Crippen molar-refractivity contribution in [1.82, 2.24) is 25.0 Å². The maximum absolute atomic E-state index is 12.6. The van der Waals surface area contributed by atoms with Crippen LogP contribution in [0.2, 0.25) is 0 Å². The van der Waals surface area contributed by atoms with Crippen molar-refractivity contribution in [3.63, 3.8) is 0 Å². The Kier molecular flexibility index (Phi) is 7.06. The van der Waals surface area contributed by atoms with Crippen molar-refractivity contribution >= 4 is 5.91 Å². The SMILES string of the molecule is Cc1ccc(C2(CN3CCC(NC(=O)C(C)Cn4cncn4)CC3)CCCCC2)cc1. The van der Waals surface area contributed by atoms with Crippen molar-refractivity contribution < 1.29 is 4.79 Å². The number of aromatic nitrogens is 3. The van der Waals surface area contributed by atoms with E-state index in [0.29, 0.717) is 12.0 Å². The normalized spacial score (nSPS) is 21.0. The van der Waals surface area contributed by atoms with Crippen molar-refractivity contribution in [1.29, 1.82) is 0 Å². The summed E-state index contributed by atoms with van der Waals surface area (Å²) in [6.07, 6.45) is 11.9. The molecule has 2 heterocycles. The van der Waals surface area contributed by atoms with E-state index in [2.05, 4.69) is 51.5 Å². The molecule has 0 radical (unpaired) electrons. The van der Waals surface area contributed by atoms with E-state index in [0.717, 1.165) is 32.5 Å². The summed E-state index contributed by atoms with van der Waals surface area (Å²) in [5.41, 5.74) is 3.16. The molecule has 1 aromatic heterocycles. The third-order valence-corrected chi connectivity index (χ3v) is 7.31. The average molecular weight is 424 g/mol. The minimum atomic E-state index is -0.105. The third kappa shape index (κ3) is 5.53. The molecule has 2 aromatic rings. The van der Waals surface area contributed by atoms with Crippen LogP contribution in [0.4, 0.5) is 0 Å². The summed E-state index contributed by atoms with van der Waals surface area (Å²) in [6.45, 7) is 7.99. The van der Waals surface area contributed by atoms with Gasteiger partial charge in [-0.2, -0.15) is 5.10 Å². The monoisotopic (exact) mass is 423 g/mol. The smallest absolute Gasteiger partial charge is 0.224 e. The lowest BCUT2D eigenvalue weighted by Crippen LogP contribution is -2.50. The zero-order chi connectivity index (χ0) is 21.7. The van der Waals surface area contributed by atoms with Gasteiger partial charge < -0.3 is 10.2 Å². The van der Waals surface area contributed by atoms with Gasteiger partial charge in [-0.15, -0.1) is 0 Å². The first-order valence-corrected chi connectivity index (χ1v) is 12.0. The van der Waals surface area contributed by atoms with Gasteiger partial charge in [0.25, 0.3) is 0 Å². The van der Waals surface area contributed by atoms with Gasteiger partial charge >= 0.3 is 0 Å². The predicted molar refractivity (Wildman–Crippen MR) is 123 cm³/mol. The lowest BCUT2D eigenvalue weighted by Gasteiger charge is -2.44. The van der Waals surface area contributed by atoms with Crippen LogP contribution in [0.3, 0.4) is 0 Å². The van der Waals surface area contributed by atoms with Crippen LogP contribution in [0.25, 0.3) is 0 Å². The summed E-state index contributed by atoms with van der Waals surface area (Å²) < 4.78 is 1.72. The van der Waals surface area contributed by atoms with E-state index >= 15 is 0 Å². The van der Waals surface area contributed by atoms with Crippen LogP contribution in [0.5, 0.6) is 0 Å². The number of likely N-dealkylation sites (tertiary alicyclic amines) is 1. The number of benzene rings is 1. The van der Waals surface area contributed by atoms with Gasteiger partial charge in [-0.05, 0) is 38.2 Å². The Hall–Kier alpha value is -2.21. The predicted octanol–water partition coefficient (Wildman–Crippen LogP) is 3.71. The Morgan fingerprint density at radius 1 is 1.16 bits per heavy atom. The summed E-state index contributed by atoms with van der Waals surface area (Å²) in [7, 11) is 0. The molecule has 2 aliphatic rings. The number of carbonyl (C=O) groups excluding carboxylic acids is 1. The van der Waals surface area contributed by atoms with Gasteiger partial charge in [0.05, 0.1) is 12.5 Å². The molecule has 1 N–H and O–H groups in total. The van der Waals surface area contributed by atoms with Crippen molar-refractivity contribution in [2.24, 2.45) is 5.92 Å². The Labute approximate surface area is 186 Å². The fourth-order valence-electron chi connectivity index (χ4n) is 5.37. The Bertz CT molecular complexity index is 818. The summed E-state index contributed by atoms with van der Waals surface area (Å²) in [5, 5.41) is 7.38. The Morgan fingerprint density at radius 3 is 2.52 bits per heavy atom. The zero-order valence-corrected chi connectivity index (χ0v) is 19.1. The molecule has 1 unspecified atom stereocenters. The maximum Gasteiger partial charge on any atom is 0.224 e. The number of piperidine rings is 1. The van der Waals surface area contributed by atoms with Crippen molar-refractivity contribution in [3.8, 4) is 0 Å². The Balaban J connectivity index is 1.30. The van der Waals surface area contributed by atoms with Crippen molar-refractivity contribution in [3.05, 3.63) is 48.0 Å². The van der Waals surface area contributed by atoms with Crippen LogP contribution in [-0.4, -0.2) is 51.2 Å². The zero-order valence-electron chi connectivity index (χ0n) is 19.1. The largest absolute Gasteiger partial charge is 0.353 e. The molecular weight excluding hydrogens is 386 g/mol. The van der Waals surface area contributed by atoms with E-state index in [4.69, 9.17) is 0 Å².